The number of aromatic carboxylic acids is 1. The number of carboxylic acids is 1. The van der Waals surface area contributed by atoms with Gasteiger partial charge in [-0.1, -0.05) is 6.92 Å². The van der Waals surface area contributed by atoms with Gasteiger partial charge in [0.15, 0.2) is 0 Å². The molecule has 6 heteroatoms. The minimum absolute atomic E-state index is 0.0301. The molecule has 0 heterocycles. The molecule has 1 aromatic carbocycles. The minimum atomic E-state index is -1.09. The van der Waals surface area contributed by atoms with E-state index in [4.69, 9.17) is 19.3 Å². The van der Waals surface area contributed by atoms with Crippen molar-refractivity contribution < 1.29 is 29.2 Å². The molecule has 0 aliphatic heterocycles. The standard InChI is InChI=1S/C15H22O6/c1-3-7-20-12-5-6-13(15(17)18)14(8-12)21-10-11(16)9-19-4-2/h5-6,8,11,16H,3-4,7,9-10H2,1-2H3,(H,17,18). The van der Waals surface area contributed by atoms with Crippen molar-refractivity contribution in [2.75, 3.05) is 26.4 Å². The maximum Gasteiger partial charge on any atom is 0.339 e. The number of carboxylic acid groups (broad SMARTS) is 1. The molecule has 0 aliphatic rings. The van der Waals surface area contributed by atoms with Gasteiger partial charge in [-0.15, -0.1) is 0 Å². The van der Waals surface area contributed by atoms with Gasteiger partial charge in [0.05, 0.1) is 13.2 Å². The Morgan fingerprint density at radius 1 is 1.24 bits per heavy atom. The molecule has 2 N–H and O–H groups in total. The lowest BCUT2D eigenvalue weighted by Crippen LogP contribution is -2.24. The van der Waals surface area contributed by atoms with Gasteiger partial charge in [-0.05, 0) is 25.5 Å². The van der Waals surface area contributed by atoms with Crippen molar-refractivity contribution in [2.45, 2.75) is 26.4 Å². The van der Waals surface area contributed by atoms with E-state index in [0.29, 0.717) is 19.0 Å². The number of hydrogen-bond donors (Lipinski definition) is 2. The molecule has 0 radical (unpaired) electrons. The smallest absolute Gasteiger partial charge is 0.339 e. The Bertz CT molecular complexity index is 446. The first-order chi connectivity index (χ1) is 10.1. The lowest BCUT2D eigenvalue weighted by Gasteiger charge is -2.15. The Balaban J connectivity index is 2.73. The van der Waals surface area contributed by atoms with Gasteiger partial charge in [0.1, 0.15) is 29.8 Å². The Labute approximate surface area is 124 Å². The van der Waals surface area contributed by atoms with Gasteiger partial charge in [0, 0.05) is 12.7 Å². The van der Waals surface area contributed by atoms with Crippen molar-refractivity contribution in [3.63, 3.8) is 0 Å². The van der Waals surface area contributed by atoms with Crippen LogP contribution in [0.5, 0.6) is 11.5 Å². The fourth-order valence-corrected chi connectivity index (χ4v) is 1.60. The number of hydrogen-bond acceptors (Lipinski definition) is 5. The quantitative estimate of drug-likeness (QED) is 0.686. The van der Waals surface area contributed by atoms with E-state index >= 15 is 0 Å². The molecular formula is C15H22O6. The summed E-state index contributed by atoms with van der Waals surface area (Å²) in [6.07, 6.45) is 0.0380. The van der Waals surface area contributed by atoms with Crippen molar-refractivity contribution in [2.24, 2.45) is 0 Å². The largest absolute Gasteiger partial charge is 0.493 e. The molecule has 1 aromatic rings. The van der Waals surface area contributed by atoms with Gasteiger partial charge in [-0.25, -0.2) is 4.79 Å². The molecule has 0 aliphatic carbocycles. The van der Waals surface area contributed by atoms with Gasteiger partial charge in [0.25, 0.3) is 0 Å². The first-order valence-electron chi connectivity index (χ1n) is 6.97. The van der Waals surface area contributed by atoms with Crippen molar-refractivity contribution >= 4 is 5.97 Å². The summed E-state index contributed by atoms with van der Waals surface area (Å²) in [4.78, 5) is 11.2. The second kappa shape index (κ2) is 9.20. The van der Waals surface area contributed by atoms with E-state index < -0.39 is 12.1 Å². The third-order valence-electron chi connectivity index (χ3n) is 2.60. The monoisotopic (exact) mass is 298 g/mol. The van der Waals surface area contributed by atoms with Crippen LogP contribution in [-0.4, -0.2) is 48.7 Å². The fourth-order valence-electron chi connectivity index (χ4n) is 1.60. The van der Waals surface area contributed by atoms with Crippen molar-refractivity contribution in [3.8, 4) is 11.5 Å². The second-order valence-electron chi connectivity index (χ2n) is 4.44. The highest BCUT2D eigenvalue weighted by molar-refractivity contribution is 5.91. The molecule has 0 spiro atoms. The summed E-state index contributed by atoms with van der Waals surface area (Å²) in [6.45, 7) is 4.94. The maximum absolute atomic E-state index is 11.2. The zero-order chi connectivity index (χ0) is 15.7. The van der Waals surface area contributed by atoms with Gasteiger partial charge in [-0.2, -0.15) is 0 Å². The summed E-state index contributed by atoms with van der Waals surface area (Å²) < 4.78 is 15.9. The topological polar surface area (TPSA) is 85.2 Å². The van der Waals surface area contributed by atoms with E-state index in [1.165, 1.54) is 12.1 Å². The first kappa shape index (κ1) is 17.3. The summed E-state index contributed by atoms with van der Waals surface area (Å²) in [5.74, 6) is -0.380. The predicted molar refractivity (Wildman–Crippen MR) is 77.2 cm³/mol. The summed E-state index contributed by atoms with van der Waals surface area (Å²) in [6, 6.07) is 4.53. The van der Waals surface area contributed by atoms with Crippen LogP contribution in [0.25, 0.3) is 0 Å². The fraction of sp³-hybridized carbons (Fsp3) is 0.533. The van der Waals surface area contributed by atoms with Crippen LogP contribution in [0.1, 0.15) is 30.6 Å². The average Bonchev–Trinajstić information content (AvgIpc) is 2.48. The average molecular weight is 298 g/mol. The molecule has 1 atom stereocenters. The Morgan fingerprint density at radius 3 is 2.62 bits per heavy atom. The second-order valence-corrected chi connectivity index (χ2v) is 4.44. The molecule has 1 unspecified atom stereocenters. The van der Waals surface area contributed by atoms with Crippen molar-refractivity contribution in [1.82, 2.24) is 0 Å². The highest BCUT2D eigenvalue weighted by atomic mass is 16.5. The van der Waals surface area contributed by atoms with E-state index in [9.17, 15) is 9.90 Å². The first-order valence-corrected chi connectivity index (χ1v) is 6.97. The SMILES string of the molecule is CCCOc1ccc(C(=O)O)c(OCC(O)COCC)c1. The van der Waals surface area contributed by atoms with Crippen LogP contribution in [0.2, 0.25) is 0 Å². The van der Waals surface area contributed by atoms with Crippen LogP contribution in [0.4, 0.5) is 0 Å². The zero-order valence-corrected chi connectivity index (χ0v) is 12.4. The Hall–Kier alpha value is -1.79. The molecular weight excluding hydrogens is 276 g/mol. The lowest BCUT2D eigenvalue weighted by atomic mass is 10.2. The molecule has 118 valence electrons. The summed E-state index contributed by atoms with van der Waals surface area (Å²) in [5, 5.41) is 18.8. The lowest BCUT2D eigenvalue weighted by molar-refractivity contribution is 0.0160. The molecule has 0 amide bonds. The van der Waals surface area contributed by atoms with E-state index in [1.54, 1.807) is 6.07 Å². The number of rotatable bonds is 10. The molecule has 0 saturated carbocycles. The third kappa shape index (κ3) is 6.01. The molecule has 0 aromatic heterocycles. The molecule has 0 fully saturated rings. The van der Waals surface area contributed by atoms with Crippen LogP contribution < -0.4 is 9.47 Å². The zero-order valence-electron chi connectivity index (χ0n) is 12.4. The Morgan fingerprint density at radius 2 is 2.00 bits per heavy atom. The number of aliphatic hydroxyl groups excluding tert-OH is 1. The van der Waals surface area contributed by atoms with Gasteiger partial charge >= 0.3 is 5.97 Å². The highest BCUT2D eigenvalue weighted by Gasteiger charge is 2.14. The summed E-state index contributed by atoms with van der Waals surface area (Å²) >= 11 is 0. The van der Waals surface area contributed by atoms with E-state index in [1.807, 2.05) is 13.8 Å². The minimum Gasteiger partial charge on any atom is -0.493 e. The van der Waals surface area contributed by atoms with Gasteiger partial charge < -0.3 is 24.4 Å². The highest BCUT2D eigenvalue weighted by Crippen LogP contribution is 2.25. The number of carbonyl (C=O) groups is 1. The number of ether oxygens (including phenoxy) is 3. The molecule has 1 rings (SSSR count). The number of aliphatic hydroxyl groups is 1. The van der Waals surface area contributed by atoms with Crippen molar-refractivity contribution in [3.05, 3.63) is 23.8 Å². The summed E-state index contributed by atoms with van der Waals surface area (Å²) in [5.41, 5.74) is 0.0301. The normalized spacial score (nSPS) is 12.0. The van der Waals surface area contributed by atoms with Gasteiger partial charge in [-0.3, -0.25) is 0 Å². The van der Waals surface area contributed by atoms with Crippen LogP contribution in [0, 0.1) is 0 Å². The van der Waals surface area contributed by atoms with Crippen LogP contribution in [-0.2, 0) is 4.74 Å². The number of benzene rings is 1. The third-order valence-corrected chi connectivity index (χ3v) is 2.60. The van der Waals surface area contributed by atoms with E-state index in [2.05, 4.69) is 0 Å². The van der Waals surface area contributed by atoms with Crippen molar-refractivity contribution in [1.29, 1.82) is 0 Å². The predicted octanol–water partition coefficient (Wildman–Crippen LogP) is 1.95. The van der Waals surface area contributed by atoms with Crippen LogP contribution in [0.15, 0.2) is 18.2 Å². The van der Waals surface area contributed by atoms with E-state index in [0.717, 1.165) is 6.42 Å². The molecule has 0 bridgehead atoms. The van der Waals surface area contributed by atoms with Crippen LogP contribution >= 0.6 is 0 Å². The molecule has 6 nitrogen and oxygen atoms in total. The van der Waals surface area contributed by atoms with Crippen LogP contribution in [0.3, 0.4) is 0 Å². The molecule has 0 saturated heterocycles. The molecule has 21 heavy (non-hydrogen) atoms. The maximum atomic E-state index is 11.2. The Kier molecular flexibility index (Phi) is 7.56. The van der Waals surface area contributed by atoms with Gasteiger partial charge in [0.2, 0.25) is 0 Å². The van der Waals surface area contributed by atoms with E-state index in [-0.39, 0.29) is 24.5 Å². The summed E-state index contributed by atoms with van der Waals surface area (Å²) in [7, 11) is 0.